The SMILES string of the molecule is Nc1n[nH]c(-c2c[nH]ccc2=O)c1-c1c(Cl)cccc1Cl. The lowest BCUT2D eigenvalue weighted by Crippen LogP contribution is -2.04. The minimum Gasteiger partial charge on any atom is -0.382 e. The fraction of sp³-hybridized carbons (Fsp3) is 0. The van der Waals surface area contributed by atoms with Crippen molar-refractivity contribution in [2.24, 2.45) is 0 Å². The standard InChI is InChI=1S/C14H10Cl2N4O/c15-8-2-1-3-9(16)11(8)12-13(19-20-14(12)17)7-6-18-5-4-10(7)21/h1-6H,(H,18,21)(H3,17,19,20). The molecule has 2 aromatic heterocycles. The first-order valence-corrected chi connectivity index (χ1v) is 6.81. The van der Waals surface area contributed by atoms with Crippen molar-refractivity contribution < 1.29 is 0 Å². The van der Waals surface area contributed by atoms with Crippen LogP contribution in [0.3, 0.4) is 0 Å². The van der Waals surface area contributed by atoms with Crippen LogP contribution in [0.25, 0.3) is 22.4 Å². The molecule has 7 heteroatoms. The van der Waals surface area contributed by atoms with Crippen molar-refractivity contribution in [3.05, 3.63) is 56.9 Å². The predicted molar refractivity (Wildman–Crippen MR) is 84.5 cm³/mol. The second kappa shape index (κ2) is 5.27. The highest BCUT2D eigenvalue weighted by Gasteiger charge is 2.20. The minimum atomic E-state index is -0.165. The summed E-state index contributed by atoms with van der Waals surface area (Å²) < 4.78 is 0. The lowest BCUT2D eigenvalue weighted by Gasteiger charge is -2.08. The van der Waals surface area contributed by atoms with Gasteiger partial charge in [0.05, 0.1) is 26.9 Å². The number of H-pyrrole nitrogens is 2. The number of halogens is 2. The third-order valence-corrected chi connectivity index (χ3v) is 3.73. The molecular formula is C14H10Cl2N4O. The normalized spacial score (nSPS) is 10.8. The summed E-state index contributed by atoms with van der Waals surface area (Å²) in [6.07, 6.45) is 3.12. The van der Waals surface area contributed by atoms with Crippen LogP contribution in [0.2, 0.25) is 10.0 Å². The summed E-state index contributed by atoms with van der Waals surface area (Å²) in [5.74, 6) is 0.225. The van der Waals surface area contributed by atoms with E-state index in [9.17, 15) is 4.79 Å². The first kappa shape index (κ1) is 13.7. The van der Waals surface area contributed by atoms with Gasteiger partial charge in [0.2, 0.25) is 0 Å². The summed E-state index contributed by atoms with van der Waals surface area (Å²) in [6.45, 7) is 0. The van der Waals surface area contributed by atoms with E-state index in [2.05, 4.69) is 15.2 Å². The molecule has 0 unspecified atom stereocenters. The second-order valence-electron chi connectivity index (χ2n) is 4.38. The van der Waals surface area contributed by atoms with Gasteiger partial charge in [-0.3, -0.25) is 9.89 Å². The molecule has 3 aromatic rings. The Balaban J connectivity index is 2.34. The number of benzene rings is 1. The monoisotopic (exact) mass is 320 g/mol. The fourth-order valence-electron chi connectivity index (χ4n) is 2.15. The van der Waals surface area contributed by atoms with Crippen LogP contribution in [-0.4, -0.2) is 15.2 Å². The zero-order valence-corrected chi connectivity index (χ0v) is 12.2. The van der Waals surface area contributed by atoms with Crippen LogP contribution in [0.4, 0.5) is 5.82 Å². The van der Waals surface area contributed by atoms with Crippen molar-refractivity contribution in [2.45, 2.75) is 0 Å². The number of nitrogens with zero attached hydrogens (tertiary/aromatic N) is 1. The highest BCUT2D eigenvalue weighted by molar-refractivity contribution is 6.39. The van der Waals surface area contributed by atoms with Gasteiger partial charge in [-0.25, -0.2) is 0 Å². The van der Waals surface area contributed by atoms with Gasteiger partial charge in [-0.05, 0) is 12.1 Å². The van der Waals surface area contributed by atoms with Crippen molar-refractivity contribution in [1.29, 1.82) is 0 Å². The van der Waals surface area contributed by atoms with Crippen molar-refractivity contribution in [2.75, 3.05) is 5.73 Å². The molecule has 0 aliphatic carbocycles. The summed E-state index contributed by atoms with van der Waals surface area (Å²) in [5.41, 5.74) is 7.71. The molecule has 0 bridgehead atoms. The lowest BCUT2D eigenvalue weighted by atomic mass is 10.0. The molecule has 1 aromatic carbocycles. The van der Waals surface area contributed by atoms with Gasteiger partial charge in [0.25, 0.3) is 0 Å². The number of aromatic nitrogens is 3. The van der Waals surface area contributed by atoms with E-state index in [0.717, 1.165) is 0 Å². The summed E-state index contributed by atoms with van der Waals surface area (Å²) in [5, 5.41) is 7.62. The topological polar surface area (TPSA) is 87.6 Å². The van der Waals surface area contributed by atoms with Crippen LogP contribution in [0.15, 0.2) is 41.5 Å². The number of hydrogen-bond donors (Lipinski definition) is 3. The van der Waals surface area contributed by atoms with E-state index in [0.29, 0.717) is 32.4 Å². The molecule has 0 radical (unpaired) electrons. The fourth-order valence-corrected chi connectivity index (χ4v) is 2.74. The van der Waals surface area contributed by atoms with Gasteiger partial charge >= 0.3 is 0 Å². The molecule has 0 atom stereocenters. The Hall–Kier alpha value is -2.24. The van der Waals surface area contributed by atoms with E-state index in [4.69, 9.17) is 28.9 Å². The maximum Gasteiger partial charge on any atom is 0.190 e. The van der Waals surface area contributed by atoms with Gasteiger partial charge in [0.15, 0.2) is 11.2 Å². The first-order chi connectivity index (χ1) is 10.1. The molecule has 0 saturated heterocycles. The van der Waals surface area contributed by atoms with Crippen LogP contribution in [0, 0.1) is 0 Å². The molecule has 106 valence electrons. The van der Waals surface area contributed by atoms with Gasteiger partial charge in [0, 0.05) is 24.0 Å². The smallest absolute Gasteiger partial charge is 0.190 e. The Morgan fingerprint density at radius 3 is 2.48 bits per heavy atom. The zero-order chi connectivity index (χ0) is 15.0. The van der Waals surface area contributed by atoms with E-state index in [-0.39, 0.29) is 11.2 Å². The van der Waals surface area contributed by atoms with E-state index in [1.54, 1.807) is 30.6 Å². The third kappa shape index (κ3) is 2.30. The molecule has 2 heterocycles. The zero-order valence-electron chi connectivity index (χ0n) is 10.7. The first-order valence-electron chi connectivity index (χ1n) is 6.05. The van der Waals surface area contributed by atoms with Crippen molar-refractivity contribution in [1.82, 2.24) is 15.2 Å². The van der Waals surface area contributed by atoms with Crippen molar-refractivity contribution >= 4 is 29.0 Å². The number of anilines is 1. The summed E-state index contributed by atoms with van der Waals surface area (Å²) in [4.78, 5) is 14.9. The van der Waals surface area contributed by atoms with E-state index >= 15 is 0 Å². The van der Waals surface area contributed by atoms with Gasteiger partial charge in [-0.2, -0.15) is 5.10 Å². The Morgan fingerprint density at radius 2 is 1.81 bits per heavy atom. The highest BCUT2D eigenvalue weighted by Crippen LogP contribution is 2.41. The molecular weight excluding hydrogens is 311 g/mol. The molecule has 0 amide bonds. The van der Waals surface area contributed by atoms with Gasteiger partial charge in [-0.15, -0.1) is 0 Å². The van der Waals surface area contributed by atoms with E-state index in [1.807, 2.05) is 0 Å². The predicted octanol–water partition coefficient (Wildman–Crippen LogP) is 3.32. The van der Waals surface area contributed by atoms with Gasteiger partial charge in [0.1, 0.15) is 0 Å². The van der Waals surface area contributed by atoms with Crippen LogP contribution in [-0.2, 0) is 0 Å². The summed E-state index contributed by atoms with van der Waals surface area (Å²) in [7, 11) is 0. The van der Waals surface area contributed by atoms with Crippen molar-refractivity contribution in [3.8, 4) is 22.4 Å². The Bertz CT molecular complexity index is 849. The largest absolute Gasteiger partial charge is 0.382 e. The number of nitrogen functional groups attached to an aromatic ring is 1. The second-order valence-corrected chi connectivity index (χ2v) is 5.19. The number of pyridine rings is 1. The number of nitrogens with one attached hydrogen (secondary N) is 2. The maximum absolute atomic E-state index is 12.0. The van der Waals surface area contributed by atoms with Crippen molar-refractivity contribution in [3.63, 3.8) is 0 Å². The molecule has 3 rings (SSSR count). The molecule has 0 aliphatic heterocycles. The van der Waals surface area contributed by atoms with Crippen LogP contribution >= 0.6 is 23.2 Å². The van der Waals surface area contributed by atoms with Gasteiger partial charge in [-0.1, -0.05) is 29.3 Å². The lowest BCUT2D eigenvalue weighted by molar-refractivity contribution is 1.10. The number of nitrogens with two attached hydrogens (primary N) is 1. The quantitative estimate of drug-likeness (QED) is 0.676. The molecule has 0 saturated carbocycles. The number of aromatic amines is 2. The average molecular weight is 321 g/mol. The van der Waals surface area contributed by atoms with Crippen LogP contribution in [0.5, 0.6) is 0 Å². The molecule has 0 aliphatic rings. The van der Waals surface area contributed by atoms with Crippen LogP contribution in [0.1, 0.15) is 0 Å². The Labute approximate surface area is 129 Å². The van der Waals surface area contributed by atoms with E-state index in [1.165, 1.54) is 6.07 Å². The highest BCUT2D eigenvalue weighted by atomic mass is 35.5. The molecule has 4 N–H and O–H groups in total. The third-order valence-electron chi connectivity index (χ3n) is 3.10. The molecule has 21 heavy (non-hydrogen) atoms. The average Bonchev–Trinajstić information content (AvgIpc) is 2.81. The summed E-state index contributed by atoms with van der Waals surface area (Å²) >= 11 is 12.4. The molecule has 0 fully saturated rings. The van der Waals surface area contributed by atoms with Crippen LogP contribution < -0.4 is 11.2 Å². The Kier molecular flexibility index (Phi) is 3.45. The van der Waals surface area contributed by atoms with Gasteiger partial charge < -0.3 is 10.7 Å². The minimum absolute atomic E-state index is 0.165. The maximum atomic E-state index is 12.0. The number of hydrogen-bond acceptors (Lipinski definition) is 3. The van der Waals surface area contributed by atoms with E-state index < -0.39 is 0 Å². The molecule has 0 spiro atoms. The molecule has 5 nitrogen and oxygen atoms in total. The Morgan fingerprint density at radius 1 is 1.10 bits per heavy atom. The summed E-state index contributed by atoms with van der Waals surface area (Å²) in [6, 6.07) is 6.56. The number of rotatable bonds is 2.